The summed E-state index contributed by atoms with van der Waals surface area (Å²) >= 11 is 5.84. The average molecular weight is 339 g/mol. The largest absolute Gasteiger partial charge is 0.444 e. The van der Waals surface area contributed by atoms with Crippen molar-refractivity contribution in [2.45, 2.75) is 51.8 Å². The molecule has 1 heterocycles. The van der Waals surface area contributed by atoms with Crippen LogP contribution in [0.15, 0.2) is 24.3 Å². The minimum absolute atomic E-state index is 0.150. The Morgan fingerprint density at radius 1 is 1.30 bits per heavy atom. The van der Waals surface area contributed by atoms with Crippen molar-refractivity contribution in [2.75, 3.05) is 6.54 Å². The van der Waals surface area contributed by atoms with Crippen molar-refractivity contribution in [1.82, 2.24) is 10.2 Å². The third-order valence-electron chi connectivity index (χ3n) is 3.56. The summed E-state index contributed by atoms with van der Waals surface area (Å²) in [7, 11) is 0. The number of benzene rings is 1. The molecule has 126 valence electrons. The lowest BCUT2D eigenvalue weighted by molar-refractivity contribution is -0.125. The maximum atomic E-state index is 12.4. The highest BCUT2D eigenvalue weighted by Gasteiger charge is 2.36. The lowest BCUT2D eigenvalue weighted by atomic mass is 10.2. The Balaban J connectivity index is 1.92. The summed E-state index contributed by atoms with van der Waals surface area (Å²) in [4.78, 5) is 26.1. The van der Waals surface area contributed by atoms with Gasteiger partial charge in [-0.1, -0.05) is 23.7 Å². The first kappa shape index (κ1) is 17.6. The third kappa shape index (κ3) is 5.13. The number of nitrogens with one attached hydrogen (secondary N) is 1. The molecule has 1 aliphatic rings. The Labute approximate surface area is 141 Å². The van der Waals surface area contributed by atoms with Gasteiger partial charge in [-0.05, 0) is 51.3 Å². The number of hydrogen-bond acceptors (Lipinski definition) is 3. The van der Waals surface area contributed by atoms with Crippen LogP contribution in [0.2, 0.25) is 5.02 Å². The molecule has 2 rings (SSSR count). The summed E-state index contributed by atoms with van der Waals surface area (Å²) in [6.45, 7) is 6.41. The van der Waals surface area contributed by atoms with Gasteiger partial charge in [0.25, 0.3) is 0 Å². The predicted octanol–water partition coefficient (Wildman–Crippen LogP) is 3.36. The number of nitrogens with zero attached hydrogens (tertiary/aromatic N) is 1. The van der Waals surface area contributed by atoms with E-state index in [-0.39, 0.29) is 5.91 Å². The minimum Gasteiger partial charge on any atom is -0.444 e. The summed E-state index contributed by atoms with van der Waals surface area (Å²) in [6, 6.07) is 6.83. The van der Waals surface area contributed by atoms with Crippen LogP contribution in [-0.2, 0) is 16.1 Å². The molecule has 5 nitrogen and oxygen atoms in total. The molecule has 1 fully saturated rings. The minimum atomic E-state index is -0.565. The van der Waals surface area contributed by atoms with E-state index in [4.69, 9.17) is 16.3 Å². The number of hydrogen-bond donors (Lipinski definition) is 1. The summed E-state index contributed by atoms with van der Waals surface area (Å²) in [5.74, 6) is -0.150. The van der Waals surface area contributed by atoms with Crippen LogP contribution in [0.25, 0.3) is 0 Å². The lowest BCUT2D eigenvalue weighted by Gasteiger charge is -2.28. The standard InChI is InChI=1S/C17H23ClN2O3/c1-17(2,3)23-16(22)20-10-4-5-14(20)15(21)19-11-12-6-8-13(18)9-7-12/h6-9,14H,4-5,10-11H2,1-3H3,(H,19,21)/t14-/m1/s1. The molecule has 1 aliphatic heterocycles. The van der Waals surface area contributed by atoms with E-state index >= 15 is 0 Å². The van der Waals surface area contributed by atoms with Crippen LogP contribution in [0.4, 0.5) is 4.79 Å². The average Bonchev–Trinajstić information content (AvgIpc) is 2.94. The van der Waals surface area contributed by atoms with Crippen LogP contribution in [0.5, 0.6) is 0 Å². The quantitative estimate of drug-likeness (QED) is 0.919. The molecule has 23 heavy (non-hydrogen) atoms. The molecule has 1 N–H and O–H groups in total. The lowest BCUT2D eigenvalue weighted by Crippen LogP contribution is -2.47. The van der Waals surface area contributed by atoms with Crippen molar-refractivity contribution in [3.8, 4) is 0 Å². The maximum Gasteiger partial charge on any atom is 0.410 e. The van der Waals surface area contributed by atoms with Crippen molar-refractivity contribution in [1.29, 1.82) is 0 Å². The van der Waals surface area contributed by atoms with E-state index in [2.05, 4.69) is 5.32 Å². The molecule has 0 spiro atoms. The Hall–Kier alpha value is -1.75. The topological polar surface area (TPSA) is 58.6 Å². The summed E-state index contributed by atoms with van der Waals surface area (Å²) < 4.78 is 5.37. The van der Waals surface area contributed by atoms with Crippen molar-refractivity contribution in [2.24, 2.45) is 0 Å². The maximum absolute atomic E-state index is 12.4. The molecule has 0 unspecified atom stereocenters. The van der Waals surface area contributed by atoms with E-state index in [1.165, 1.54) is 4.90 Å². The normalized spacial score (nSPS) is 17.9. The second-order valence-electron chi connectivity index (χ2n) is 6.68. The predicted molar refractivity (Wildman–Crippen MR) is 89.3 cm³/mol. The zero-order chi connectivity index (χ0) is 17.0. The fourth-order valence-electron chi connectivity index (χ4n) is 2.49. The van der Waals surface area contributed by atoms with Gasteiger partial charge in [0.1, 0.15) is 11.6 Å². The van der Waals surface area contributed by atoms with Gasteiger partial charge in [0, 0.05) is 18.1 Å². The molecule has 0 bridgehead atoms. The first-order valence-electron chi connectivity index (χ1n) is 7.78. The Bertz CT molecular complexity index is 566. The van der Waals surface area contributed by atoms with Crippen LogP contribution in [-0.4, -0.2) is 35.1 Å². The van der Waals surface area contributed by atoms with Gasteiger partial charge in [-0.3, -0.25) is 9.69 Å². The Morgan fingerprint density at radius 3 is 2.57 bits per heavy atom. The van der Waals surface area contributed by atoms with Crippen molar-refractivity contribution >= 4 is 23.6 Å². The molecule has 0 saturated carbocycles. The third-order valence-corrected chi connectivity index (χ3v) is 3.82. The zero-order valence-corrected chi connectivity index (χ0v) is 14.5. The zero-order valence-electron chi connectivity index (χ0n) is 13.8. The highest BCUT2D eigenvalue weighted by Crippen LogP contribution is 2.21. The molecule has 6 heteroatoms. The van der Waals surface area contributed by atoms with E-state index in [0.717, 1.165) is 12.0 Å². The number of amides is 2. The van der Waals surface area contributed by atoms with Gasteiger partial charge in [-0.2, -0.15) is 0 Å². The highest BCUT2D eigenvalue weighted by atomic mass is 35.5. The Kier molecular flexibility index (Phi) is 5.52. The van der Waals surface area contributed by atoms with Gasteiger partial charge < -0.3 is 10.1 Å². The highest BCUT2D eigenvalue weighted by molar-refractivity contribution is 6.30. The van der Waals surface area contributed by atoms with E-state index in [1.54, 1.807) is 12.1 Å². The van der Waals surface area contributed by atoms with Gasteiger partial charge in [-0.25, -0.2) is 4.79 Å². The SMILES string of the molecule is CC(C)(C)OC(=O)N1CCC[C@@H]1C(=O)NCc1ccc(Cl)cc1. The van der Waals surface area contributed by atoms with Gasteiger partial charge >= 0.3 is 6.09 Å². The summed E-state index contributed by atoms with van der Waals surface area (Å²) in [5.41, 5.74) is 0.397. The second-order valence-corrected chi connectivity index (χ2v) is 7.11. The van der Waals surface area contributed by atoms with Crippen LogP contribution >= 0.6 is 11.6 Å². The molecule has 2 amide bonds. The van der Waals surface area contributed by atoms with E-state index < -0.39 is 17.7 Å². The molecule has 1 saturated heterocycles. The van der Waals surface area contributed by atoms with Crippen LogP contribution in [0, 0.1) is 0 Å². The van der Waals surface area contributed by atoms with Crippen LogP contribution in [0.3, 0.4) is 0 Å². The van der Waals surface area contributed by atoms with Crippen molar-refractivity contribution < 1.29 is 14.3 Å². The number of rotatable bonds is 3. The van der Waals surface area contributed by atoms with Crippen molar-refractivity contribution in [3.05, 3.63) is 34.9 Å². The van der Waals surface area contributed by atoms with E-state index in [9.17, 15) is 9.59 Å². The van der Waals surface area contributed by atoms with E-state index in [0.29, 0.717) is 24.5 Å². The summed E-state index contributed by atoms with van der Waals surface area (Å²) in [5, 5.41) is 3.54. The first-order chi connectivity index (χ1) is 10.8. The molecule has 0 radical (unpaired) electrons. The second kappa shape index (κ2) is 7.21. The smallest absolute Gasteiger partial charge is 0.410 e. The van der Waals surface area contributed by atoms with Gasteiger partial charge in [0.05, 0.1) is 0 Å². The van der Waals surface area contributed by atoms with Gasteiger partial charge in [0.15, 0.2) is 0 Å². The molecule has 0 aromatic heterocycles. The molecule has 1 aromatic carbocycles. The molecular weight excluding hydrogens is 316 g/mol. The fourth-order valence-corrected chi connectivity index (χ4v) is 2.61. The molecular formula is C17H23ClN2O3. The monoisotopic (exact) mass is 338 g/mol. The molecule has 1 atom stereocenters. The number of ether oxygens (including phenoxy) is 1. The summed E-state index contributed by atoms with van der Waals surface area (Å²) in [6.07, 6.45) is 1.03. The van der Waals surface area contributed by atoms with Crippen LogP contribution < -0.4 is 5.32 Å². The fraction of sp³-hybridized carbons (Fsp3) is 0.529. The van der Waals surface area contributed by atoms with Crippen molar-refractivity contribution in [3.63, 3.8) is 0 Å². The first-order valence-corrected chi connectivity index (χ1v) is 8.16. The van der Waals surface area contributed by atoms with Gasteiger partial charge in [-0.15, -0.1) is 0 Å². The van der Waals surface area contributed by atoms with Crippen LogP contribution in [0.1, 0.15) is 39.2 Å². The Morgan fingerprint density at radius 2 is 1.96 bits per heavy atom. The number of carbonyl (C=O) groups excluding carboxylic acids is 2. The van der Waals surface area contributed by atoms with Gasteiger partial charge in [0.2, 0.25) is 5.91 Å². The number of halogens is 1. The molecule has 1 aromatic rings. The number of likely N-dealkylation sites (tertiary alicyclic amines) is 1. The van der Waals surface area contributed by atoms with E-state index in [1.807, 2.05) is 32.9 Å². The molecule has 0 aliphatic carbocycles. The number of carbonyl (C=O) groups is 2.